The van der Waals surface area contributed by atoms with Gasteiger partial charge >= 0.3 is 0 Å². The molecular formula is C126H67Cl3N10S6. The number of aromatic nitrogens is 10. The Balaban J connectivity index is 0.000000100. The number of hydrogen-bond acceptors (Lipinski definition) is 12. The summed E-state index contributed by atoms with van der Waals surface area (Å²) in [5.41, 5.74) is 19.3. The summed E-state index contributed by atoms with van der Waals surface area (Å²) in [5.74, 6) is 0. The van der Waals surface area contributed by atoms with E-state index in [1.165, 1.54) is 173 Å². The standard InChI is InChI=1S/C50H27ClN4S2.2C38H20ClN3S2/c51-50-52-46(45-37-19-7-12-24-42(37)57-49(45)53-50)28-25-29(54-38-20-8-3-13-31(38)32-14-4-9-21-39(32)54)27-30(26-28)55-40-22-10-5-17-35(40)43-44-36-18-6-11-23-41(36)56-48(44)34-16-2-1-15-33(34)47(43)55;39-38-40-34(33-27-16-5-8-19-30(27)44-37(33)41-38)21-10-9-11-22(20-21)42-28-17-6-3-14-25(28)31-32-26-15-4-7-18-29(26)43-36(32)24-13-2-1-12-23(24)35(31)42;39-38-40-34(33-27-13-5-8-16-30(27)44-37(33)41-38)21-17-19-22(20-18-21)42-28-14-6-3-11-25(28)31-32-26-12-4-7-15-29(26)43-36(32)24-10-2-1-9-23(24)35(31)42/h1-27H;2*1-20H. The van der Waals surface area contributed by atoms with Crippen LogP contribution in [0.15, 0.2) is 406 Å². The van der Waals surface area contributed by atoms with Crippen molar-refractivity contribution in [1.29, 1.82) is 0 Å². The van der Waals surface area contributed by atoms with E-state index in [1.54, 1.807) is 34.0 Å². The molecule has 0 aliphatic heterocycles. The molecule has 678 valence electrons. The van der Waals surface area contributed by atoms with Crippen LogP contribution in [-0.4, -0.2) is 48.2 Å². The third-order valence-electron chi connectivity index (χ3n) is 29.1. The van der Waals surface area contributed by atoms with Gasteiger partial charge in [-0.1, -0.05) is 297 Å². The van der Waals surface area contributed by atoms with Gasteiger partial charge in [-0.2, -0.15) is 0 Å². The molecule has 10 nitrogen and oxygen atoms in total. The van der Waals surface area contributed by atoms with Crippen molar-refractivity contribution in [2.75, 3.05) is 0 Å². The molecule has 20 aromatic carbocycles. The van der Waals surface area contributed by atoms with Crippen LogP contribution in [0.3, 0.4) is 0 Å². The first-order valence-corrected chi connectivity index (χ1v) is 53.9. The molecule has 0 aliphatic rings. The summed E-state index contributed by atoms with van der Waals surface area (Å²) in [5, 5.41) is 32.8. The highest BCUT2D eigenvalue weighted by molar-refractivity contribution is 7.28. The minimum atomic E-state index is 0.238. The largest absolute Gasteiger partial charge is 0.309 e. The summed E-state index contributed by atoms with van der Waals surface area (Å²) in [7, 11) is 0. The second kappa shape index (κ2) is 32.4. The monoisotopic (exact) mass is 2020 g/mol. The molecule has 0 bridgehead atoms. The summed E-state index contributed by atoms with van der Waals surface area (Å²) in [4.78, 5) is 31.2. The first kappa shape index (κ1) is 83.4. The highest BCUT2D eigenvalue weighted by atomic mass is 35.5. The average molecular weight is 2020 g/mol. The molecular weight excluding hydrogens is 1950 g/mol. The molecule has 0 aliphatic carbocycles. The Morgan fingerprint density at radius 2 is 0.428 bits per heavy atom. The number of hydrogen-bond donors (Lipinski definition) is 0. The number of thiophene rings is 6. The molecule has 19 heteroatoms. The van der Waals surface area contributed by atoms with Crippen molar-refractivity contribution in [1.82, 2.24) is 48.2 Å². The van der Waals surface area contributed by atoms with Gasteiger partial charge in [-0.05, 0) is 144 Å². The second-order valence-electron chi connectivity index (χ2n) is 36.8. The molecule has 0 radical (unpaired) electrons. The maximum atomic E-state index is 6.83. The van der Waals surface area contributed by atoms with Crippen LogP contribution < -0.4 is 0 Å². The van der Waals surface area contributed by atoms with Crippen molar-refractivity contribution in [2.45, 2.75) is 0 Å². The number of para-hydroxylation sites is 5. The number of fused-ring (bicyclic) bond motifs is 42. The second-order valence-corrected chi connectivity index (χ2v) is 44.1. The van der Waals surface area contributed by atoms with E-state index in [4.69, 9.17) is 54.7 Å². The zero-order chi connectivity index (χ0) is 95.2. The van der Waals surface area contributed by atoms with Crippen molar-refractivity contribution >= 4 is 344 Å². The Hall–Kier alpha value is -16.2. The van der Waals surface area contributed by atoms with E-state index in [-0.39, 0.29) is 15.9 Å². The highest BCUT2D eigenvalue weighted by Crippen LogP contribution is 2.55. The average Bonchev–Trinajstić information content (AvgIpc) is 1.54. The van der Waals surface area contributed by atoms with Crippen LogP contribution in [0.4, 0.5) is 0 Å². The number of nitrogens with zero attached hydrogens (tertiary/aromatic N) is 10. The fraction of sp³-hybridized carbons (Fsp3) is 0. The number of benzene rings is 20. The lowest BCUT2D eigenvalue weighted by molar-refractivity contribution is 1.13. The van der Waals surface area contributed by atoms with E-state index in [1.807, 2.05) is 34.0 Å². The lowest BCUT2D eigenvalue weighted by atomic mass is 9.99. The van der Waals surface area contributed by atoms with Gasteiger partial charge in [0.2, 0.25) is 15.9 Å². The van der Waals surface area contributed by atoms with E-state index in [0.29, 0.717) is 0 Å². The minimum Gasteiger partial charge on any atom is -0.309 e. The Kier molecular flexibility index (Phi) is 18.7. The van der Waals surface area contributed by atoms with Crippen molar-refractivity contribution < 1.29 is 0 Å². The van der Waals surface area contributed by atoms with E-state index in [2.05, 4.69) is 435 Å². The van der Waals surface area contributed by atoms with Crippen LogP contribution in [0.25, 0.3) is 297 Å². The topological polar surface area (TPSA) is 97.1 Å². The first-order valence-electron chi connectivity index (χ1n) is 47.8. The van der Waals surface area contributed by atoms with Gasteiger partial charge in [0.15, 0.2) is 0 Å². The smallest absolute Gasteiger partial charge is 0.224 e. The summed E-state index contributed by atoms with van der Waals surface area (Å²) in [6.07, 6.45) is 0. The molecule has 0 amide bonds. The maximum Gasteiger partial charge on any atom is 0.224 e. The first-order chi connectivity index (χ1) is 71.7. The maximum absolute atomic E-state index is 6.83. The predicted octanol–water partition coefficient (Wildman–Crippen LogP) is 38.4. The summed E-state index contributed by atoms with van der Waals surface area (Å²) < 4.78 is 21.2. The van der Waals surface area contributed by atoms with Crippen LogP contribution >= 0.6 is 103 Å². The normalized spacial score (nSPS) is 12.2. The van der Waals surface area contributed by atoms with Gasteiger partial charge in [-0.25, -0.2) is 29.9 Å². The highest BCUT2D eigenvalue weighted by Gasteiger charge is 2.30. The van der Waals surface area contributed by atoms with Crippen molar-refractivity contribution in [2.24, 2.45) is 0 Å². The SMILES string of the molecule is Clc1nc(-c2cc(-n3c4ccccc4c4ccccc43)cc(-n3c4ccccc4c4c5c6ccccc6sc5c5ccccc5c43)c2)c2c(n1)sc1ccccc12.Clc1nc(-c2ccc(-n3c4ccccc4c4c5c6ccccc6sc5c5ccccc5c43)cc2)c2c(n1)sc1ccccc12.Clc1nc(-c2cccc(-n3c4ccccc4c4c5c6ccccc6sc5c5ccccc5c43)c2)c2c(n1)sc1ccccc12. The van der Waals surface area contributed by atoms with E-state index < -0.39 is 0 Å². The van der Waals surface area contributed by atoms with Gasteiger partial charge in [0.1, 0.15) is 14.5 Å². The number of rotatable bonds is 7. The molecule has 33 rings (SSSR count). The van der Waals surface area contributed by atoms with E-state index in [9.17, 15) is 0 Å². The van der Waals surface area contributed by atoms with E-state index >= 15 is 0 Å². The fourth-order valence-corrected chi connectivity index (χ4v) is 31.0. The quantitative estimate of drug-likeness (QED) is 0.148. The van der Waals surface area contributed by atoms with Crippen LogP contribution in [0.1, 0.15) is 0 Å². The Bertz CT molecular complexity index is 11400. The minimum absolute atomic E-state index is 0.238. The van der Waals surface area contributed by atoms with Crippen molar-refractivity contribution in [3.05, 3.63) is 422 Å². The Labute approximate surface area is 862 Å². The molecule has 0 saturated heterocycles. The van der Waals surface area contributed by atoms with Crippen LogP contribution in [0.2, 0.25) is 15.9 Å². The van der Waals surface area contributed by atoms with Crippen molar-refractivity contribution in [3.8, 4) is 56.5 Å². The van der Waals surface area contributed by atoms with Crippen LogP contribution in [0, 0.1) is 0 Å². The molecule has 0 unspecified atom stereocenters. The predicted molar refractivity (Wildman–Crippen MR) is 625 cm³/mol. The summed E-state index contributed by atoms with van der Waals surface area (Å²) >= 11 is 30.5. The molecule has 13 aromatic heterocycles. The lowest BCUT2D eigenvalue weighted by Gasteiger charge is -2.17. The third kappa shape index (κ3) is 12.5. The van der Waals surface area contributed by atoms with Gasteiger partial charge in [0.05, 0.1) is 61.2 Å². The lowest BCUT2D eigenvalue weighted by Crippen LogP contribution is -2.01. The van der Waals surface area contributed by atoms with Gasteiger partial charge in [0.25, 0.3) is 0 Å². The van der Waals surface area contributed by atoms with E-state index in [0.717, 1.165) is 125 Å². The Morgan fingerprint density at radius 3 is 0.793 bits per heavy atom. The number of halogens is 3. The third-order valence-corrected chi connectivity index (χ3v) is 36.4. The molecule has 0 fully saturated rings. The van der Waals surface area contributed by atoms with Crippen molar-refractivity contribution in [3.63, 3.8) is 0 Å². The molecule has 145 heavy (non-hydrogen) atoms. The molecule has 33 aromatic rings. The van der Waals surface area contributed by atoms with Gasteiger partial charge in [-0.15, -0.1) is 68.0 Å². The van der Waals surface area contributed by atoms with Crippen LogP contribution in [-0.2, 0) is 0 Å². The zero-order valence-corrected chi connectivity index (χ0v) is 83.4. The van der Waals surface area contributed by atoms with Gasteiger partial charge < -0.3 is 18.3 Å². The van der Waals surface area contributed by atoms with Crippen LogP contribution in [0.5, 0.6) is 0 Å². The fourth-order valence-electron chi connectivity index (χ4n) is 23.3. The summed E-state index contributed by atoms with van der Waals surface area (Å²) in [6.45, 7) is 0. The molecule has 0 N–H and O–H groups in total. The molecule has 13 heterocycles. The molecule has 0 spiro atoms. The summed E-state index contributed by atoms with van der Waals surface area (Å²) in [6, 6.07) is 147. The zero-order valence-electron chi connectivity index (χ0n) is 76.2. The Morgan fingerprint density at radius 1 is 0.166 bits per heavy atom. The van der Waals surface area contributed by atoms with Gasteiger partial charge in [0, 0.05) is 222 Å². The molecule has 0 saturated carbocycles. The van der Waals surface area contributed by atoms with Gasteiger partial charge in [-0.3, -0.25) is 0 Å². The molecule has 0 atom stereocenters.